The maximum Gasteiger partial charge on any atom is 0.0714 e. The van der Waals surface area contributed by atoms with Crippen molar-refractivity contribution >= 4 is 32.3 Å². The highest BCUT2D eigenvalue weighted by atomic mass is 14.7. The average molecular weight is 608 g/mol. The second-order valence-corrected chi connectivity index (χ2v) is 12.6. The van der Waals surface area contributed by atoms with Crippen molar-refractivity contribution in [2.24, 2.45) is 0 Å². The van der Waals surface area contributed by atoms with E-state index < -0.39 is 0 Å². The first-order valence-electron chi connectivity index (χ1n) is 16.6. The fourth-order valence-corrected chi connectivity index (χ4v) is 8.10. The number of pyridine rings is 1. The Bertz CT molecular complexity index is 2630. The first-order valence-corrected chi connectivity index (χ1v) is 16.6. The van der Waals surface area contributed by atoms with Gasteiger partial charge in [0.25, 0.3) is 0 Å². The van der Waals surface area contributed by atoms with E-state index in [9.17, 15) is 0 Å². The summed E-state index contributed by atoms with van der Waals surface area (Å²) in [4.78, 5) is 5.04. The number of benzene rings is 8. The van der Waals surface area contributed by atoms with E-state index in [1.165, 1.54) is 93.5 Å². The topological polar surface area (TPSA) is 12.9 Å². The third-order valence-corrected chi connectivity index (χ3v) is 10.1. The van der Waals surface area contributed by atoms with E-state index in [0.717, 1.165) is 5.69 Å². The Labute approximate surface area is 279 Å². The molecular formula is C47H29N. The molecule has 1 heteroatoms. The van der Waals surface area contributed by atoms with Crippen molar-refractivity contribution < 1.29 is 0 Å². The van der Waals surface area contributed by atoms with Crippen LogP contribution in [0.15, 0.2) is 176 Å². The van der Waals surface area contributed by atoms with Crippen LogP contribution in [0, 0.1) is 0 Å². The highest BCUT2D eigenvalue weighted by Crippen LogP contribution is 2.60. The van der Waals surface area contributed by atoms with E-state index in [4.69, 9.17) is 4.98 Å². The Morgan fingerprint density at radius 1 is 0.292 bits per heavy atom. The highest BCUT2D eigenvalue weighted by Gasteiger charge is 2.33. The van der Waals surface area contributed by atoms with Crippen molar-refractivity contribution in [1.82, 2.24) is 4.98 Å². The monoisotopic (exact) mass is 607 g/mol. The van der Waals surface area contributed by atoms with E-state index in [-0.39, 0.29) is 0 Å². The van der Waals surface area contributed by atoms with Crippen LogP contribution in [0.4, 0.5) is 0 Å². The quantitative estimate of drug-likeness (QED) is 0.181. The summed E-state index contributed by atoms with van der Waals surface area (Å²) in [6.07, 6.45) is 1.92. The SMILES string of the molecule is c1ccc(-c2c3c(c(-c4ccccn4)c4c2ccc2ccccc24)-c2ccc(-c4ccccc4)c4c(-c5ccccc5)ccc-3c24)cc1. The maximum absolute atomic E-state index is 5.04. The van der Waals surface area contributed by atoms with E-state index >= 15 is 0 Å². The molecule has 48 heavy (non-hydrogen) atoms. The van der Waals surface area contributed by atoms with Crippen LogP contribution in [0.1, 0.15) is 0 Å². The van der Waals surface area contributed by atoms with Crippen molar-refractivity contribution in [3.63, 3.8) is 0 Å². The van der Waals surface area contributed by atoms with E-state index in [0.29, 0.717) is 0 Å². The van der Waals surface area contributed by atoms with Gasteiger partial charge in [-0.25, -0.2) is 0 Å². The Morgan fingerprint density at radius 3 is 1.44 bits per heavy atom. The molecule has 1 aromatic heterocycles. The average Bonchev–Trinajstić information content (AvgIpc) is 3.50. The van der Waals surface area contributed by atoms with Crippen LogP contribution in [0.3, 0.4) is 0 Å². The normalized spacial score (nSPS) is 11.8. The Kier molecular flexibility index (Phi) is 5.94. The zero-order valence-corrected chi connectivity index (χ0v) is 26.2. The van der Waals surface area contributed by atoms with Crippen LogP contribution in [0.25, 0.3) is 99.2 Å². The molecule has 10 rings (SSSR count). The van der Waals surface area contributed by atoms with Crippen molar-refractivity contribution in [3.05, 3.63) is 176 Å². The molecule has 0 aliphatic heterocycles. The van der Waals surface area contributed by atoms with Gasteiger partial charge in [0.05, 0.1) is 5.69 Å². The fraction of sp³-hybridized carbons (Fsp3) is 0. The molecule has 0 unspecified atom stereocenters. The van der Waals surface area contributed by atoms with Gasteiger partial charge in [0.15, 0.2) is 0 Å². The largest absolute Gasteiger partial charge is 0.256 e. The van der Waals surface area contributed by atoms with Crippen LogP contribution < -0.4 is 0 Å². The van der Waals surface area contributed by atoms with Gasteiger partial charge < -0.3 is 0 Å². The van der Waals surface area contributed by atoms with Crippen molar-refractivity contribution in [2.45, 2.75) is 0 Å². The number of rotatable bonds is 4. The summed E-state index contributed by atoms with van der Waals surface area (Å²) in [7, 11) is 0. The Hall–Kier alpha value is -6.31. The number of nitrogens with zero attached hydrogens (tertiary/aromatic N) is 1. The fourth-order valence-electron chi connectivity index (χ4n) is 8.10. The molecule has 1 aliphatic carbocycles. The van der Waals surface area contributed by atoms with Crippen LogP contribution in [-0.2, 0) is 0 Å². The number of hydrogen-bond donors (Lipinski definition) is 0. The molecule has 0 atom stereocenters. The number of hydrogen-bond acceptors (Lipinski definition) is 1. The molecule has 222 valence electrons. The molecule has 0 bridgehead atoms. The second-order valence-electron chi connectivity index (χ2n) is 12.6. The number of fused-ring (bicyclic) bond motifs is 6. The van der Waals surface area contributed by atoms with Crippen LogP contribution in [0.5, 0.6) is 0 Å². The van der Waals surface area contributed by atoms with E-state index in [2.05, 4.69) is 164 Å². The van der Waals surface area contributed by atoms with Gasteiger partial charge in [0.1, 0.15) is 0 Å². The Balaban J connectivity index is 1.46. The summed E-state index contributed by atoms with van der Waals surface area (Å²) in [6.45, 7) is 0. The van der Waals surface area contributed by atoms with Gasteiger partial charge in [0.2, 0.25) is 0 Å². The summed E-state index contributed by atoms with van der Waals surface area (Å²) >= 11 is 0. The lowest BCUT2D eigenvalue weighted by Crippen LogP contribution is -1.95. The van der Waals surface area contributed by atoms with Gasteiger partial charge in [-0.15, -0.1) is 0 Å². The lowest BCUT2D eigenvalue weighted by Gasteiger charge is -2.21. The summed E-state index contributed by atoms with van der Waals surface area (Å²) in [6, 6.07) is 61.7. The zero-order chi connectivity index (χ0) is 31.6. The maximum atomic E-state index is 5.04. The molecule has 0 amide bonds. The minimum Gasteiger partial charge on any atom is -0.256 e. The summed E-state index contributed by atoms with van der Waals surface area (Å²) < 4.78 is 0. The molecule has 0 N–H and O–H groups in total. The van der Waals surface area contributed by atoms with Crippen molar-refractivity contribution in [3.8, 4) is 66.9 Å². The molecule has 1 heterocycles. The van der Waals surface area contributed by atoms with Crippen LogP contribution in [-0.4, -0.2) is 4.98 Å². The second kappa shape index (κ2) is 10.6. The van der Waals surface area contributed by atoms with Crippen molar-refractivity contribution in [2.75, 3.05) is 0 Å². The first-order chi connectivity index (χ1) is 23.9. The molecule has 0 fully saturated rings. The molecular weight excluding hydrogens is 579 g/mol. The molecule has 8 aromatic carbocycles. The molecule has 1 nitrogen and oxygen atoms in total. The zero-order valence-electron chi connectivity index (χ0n) is 26.2. The minimum absolute atomic E-state index is 0.992. The summed E-state index contributed by atoms with van der Waals surface area (Å²) in [5.41, 5.74) is 14.7. The molecule has 0 spiro atoms. The summed E-state index contributed by atoms with van der Waals surface area (Å²) in [5.74, 6) is 0. The van der Waals surface area contributed by atoms with Crippen LogP contribution >= 0.6 is 0 Å². The van der Waals surface area contributed by atoms with Gasteiger partial charge >= 0.3 is 0 Å². The third kappa shape index (κ3) is 3.88. The van der Waals surface area contributed by atoms with Gasteiger partial charge in [0, 0.05) is 22.7 Å². The molecule has 9 aromatic rings. The highest BCUT2D eigenvalue weighted by molar-refractivity contribution is 6.33. The Morgan fingerprint density at radius 2 is 0.812 bits per heavy atom. The molecule has 0 saturated heterocycles. The molecule has 0 radical (unpaired) electrons. The van der Waals surface area contributed by atoms with Crippen molar-refractivity contribution in [1.29, 1.82) is 0 Å². The van der Waals surface area contributed by atoms with Gasteiger partial charge in [-0.3, -0.25) is 4.98 Å². The van der Waals surface area contributed by atoms with E-state index in [1.807, 2.05) is 12.3 Å². The van der Waals surface area contributed by atoms with Crippen LogP contribution in [0.2, 0.25) is 0 Å². The lowest BCUT2D eigenvalue weighted by atomic mass is 9.82. The van der Waals surface area contributed by atoms with E-state index in [1.54, 1.807) is 0 Å². The molecule has 1 aliphatic rings. The number of aromatic nitrogens is 1. The summed E-state index contributed by atoms with van der Waals surface area (Å²) in [5, 5.41) is 7.57. The third-order valence-electron chi connectivity index (χ3n) is 10.1. The predicted octanol–water partition coefficient (Wildman–Crippen LogP) is 12.9. The lowest BCUT2D eigenvalue weighted by molar-refractivity contribution is 1.33. The standard InChI is InChI=1S/C47H29N/c1-4-14-30(15-5-1)35-25-27-38-44-39(28-26-36(42(35)44)31-16-6-2-7-17-31)46-45(38)41(33-19-8-3-9-20-33)37-24-23-32-18-10-11-21-34(32)43(37)47(46)40-22-12-13-29-48-40/h1-29H. The van der Waals surface area contributed by atoms with Gasteiger partial charge in [-0.05, 0) is 89.1 Å². The van der Waals surface area contributed by atoms with Gasteiger partial charge in [-0.2, -0.15) is 0 Å². The van der Waals surface area contributed by atoms with Gasteiger partial charge in [-0.1, -0.05) is 158 Å². The smallest absolute Gasteiger partial charge is 0.0714 e. The first kappa shape index (κ1) is 26.9. The molecule has 0 saturated carbocycles. The predicted molar refractivity (Wildman–Crippen MR) is 203 cm³/mol. The minimum atomic E-state index is 0.992.